The van der Waals surface area contributed by atoms with Crippen molar-refractivity contribution in [2.24, 2.45) is 5.73 Å². The van der Waals surface area contributed by atoms with Crippen molar-refractivity contribution >= 4 is 5.95 Å². The molecule has 2 atom stereocenters. The van der Waals surface area contributed by atoms with E-state index in [1.807, 2.05) is 12.4 Å². The molecule has 0 spiro atoms. The van der Waals surface area contributed by atoms with E-state index >= 15 is 0 Å². The van der Waals surface area contributed by atoms with Gasteiger partial charge in [0.05, 0.1) is 18.8 Å². The summed E-state index contributed by atoms with van der Waals surface area (Å²) in [4.78, 5) is 11.2. The summed E-state index contributed by atoms with van der Waals surface area (Å²) in [6.45, 7) is 6.50. The van der Waals surface area contributed by atoms with E-state index in [1.54, 1.807) is 0 Å². The van der Waals surface area contributed by atoms with Crippen LogP contribution >= 0.6 is 0 Å². The second kappa shape index (κ2) is 6.11. The lowest BCUT2D eigenvalue weighted by atomic mass is 10.1. The maximum atomic E-state index is 5.68. The van der Waals surface area contributed by atoms with Gasteiger partial charge in [-0.2, -0.15) is 0 Å². The summed E-state index contributed by atoms with van der Waals surface area (Å²) in [5, 5.41) is 0. The Hall–Kier alpha value is -1.20. The van der Waals surface area contributed by atoms with Gasteiger partial charge in [0.25, 0.3) is 0 Å². The lowest BCUT2D eigenvalue weighted by molar-refractivity contribution is 0.0292. The zero-order valence-electron chi connectivity index (χ0n) is 11.2. The van der Waals surface area contributed by atoms with Gasteiger partial charge in [0.15, 0.2) is 0 Å². The van der Waals surface area contributed by atoms with Crippen LogP contribution in [0.2, 0.25) is 0 Å². The second-order valence-electron chi connectivity index (χ2n) is 4.79. The minimum atomic E-state index is 0.236. The summed E-state index contributed by atoms with van der Waals surface area (Å²) < 4.78 is 5.68. The number of anilines is 1. The van der Waals surface area contributed by atoms with Crippen LogP contribution in [0.3, 0.4) is 0 Å². The highest BCUT2D eigenvalue weighted by atomic mass is 16.5. The molecular weight excluding hydrogens is 228 g/mol. The monoisotopic (exact) mass is 250 g/mol. The number of ether oxygens (including phenoxy) is 1. The third-order valence-corrected chi connectivity index (χ3v) is 3.32. The largest absolute Gasteiger partial charge is 0.375 e. The highest BCUT2D eigenvalue weighted by Crippen LogP contribution is 2.19. The summed E-state index contributed by atoms with van der Waals surface area (Å²) in [6, 6.07) is 0.376. The number of nitrogens with two attached hydrogens (primary N) is 1. The van der Waals surface area contributed by atoms with Gasteiger partial charge in [0.1, 0.15) is 0 Å². The topological polar surface area (TPSA) is 64.3 Å². The lowest BCUT2D eigenvalue weighted by Gasteiger charge is -2.38. The van der Waals surface area contributed by atoms with Crippen molar-refractivity contribution < 1.29 is 4.74 Å². The fourth-order valence-electron chi connectivity index (χ4n) is 2.22. The molecular formula is C13H22N4O. The molecule has 2 rings (SSSR count). The van der Waals surface area contributed by atoms with Crippen LogP contribution in [0.15, 0.2) is 12.4 Å². The normalized spacial score (nSPS) is 24.3. The van der Waals surface area contributed by atoms with Crippen LogP contribution in [0, 0.1) is 0 Å². The fourth-order valence-corrected chi connectivity index (χ4v) is 2.22. The molecule has 0 aliphatic carbocycles. The molecule has 1 fully saturated rings. The van der Waals surface area contributed by atoms with Gasteiger partial charge in [0.2, 0.25) is 5.95 Å². The maximum absolute atomic E-state index is 5.68. The van der Waals surface area contributed by atoms with Crippen molar-refractivity contribution in [3.63, 3.8) is 0 Å². The van der Waals surface area contributed by atoms with Gasteiger partial charge in [-0.3, -0.25) is 0 Å². The van der Waals surface area contributed by atoms with Crippen molar-refractivity contribution in [2.45, 2.75) is 38.8 Å². The number of morpholine rings is 1. The van der Waals surface area contributed by atoms with E-state index in [2.05, 4.69) is 28.7 Å². The Morgan fingerprint density at radius 3 is 2.78 bits per heavy atom. The van der Waals surface area contributed by atoms with Crippen LogP contribution < -0.4 is 10.6 Å². The molecule has 0 bridgehead atoms. The maximum Gasteiger partial charge on any atom is 0.225 e. The van der Waals surface area contributed by atoms with E-state index in [0.717, 1.165) is 37.5 Å². The van der Waals surface area contributed by atoms with Crippen molar-refractivity contribution in [1.29, 1.82) is 0 Å². The molecule has 1 saturated heterocycles. The Balaban J connectivity index is 2.12. The molecule has 100 valence electrons. The number of hydrogen-bond donors (Lipinski definition) is 1. The first kappa shape index (κ1) is 13.2. The van der Waals surface area contributed by atoms with Gasteiger partial charge in [-0.15, -0.1) is 0 Å². The zero-order valence-corrected chi connectivity index (χ0v) is 11.2. The Morgan fingerprint density at radius 2 is 2.17 bits per heavy atom. The summed E-state index contributed by atoms with van der Waals surface area (Å²) in [5.74, 6) is 0.803. The molecule has 1 aliphatic rings. The molecule has 2 N–H and O–H groups in total. The first-order valence-electron chi connectivity index (χ1n) is 6.63. The molecule has 5 heteroatoms. The smallest absolute Gasteiger partial charge is 0.225 e. The molecule has 18 heavy (non-hydrogen) atoms. The van der Waals surface area contributed by atoms with Gasteiger partial charge in [0, 0.05) is 18.9 Å². The molecule has 0 saturated carbocycles. The third kappa shape index (κ3) is 2.97. The van der Waals surface area contributed by atoms with Crippen molar-refractivity contribution in [3.05, 3.63) is 18.0 Å². The predicted molar refractivity (Wildman–Crippen MR) is 71.6 cm³/mol. The standard InChI is InChI=1S/C13H22N4O/c1-3-12-9-18-10(2)8-17(12)13-15-6-11(4-5-14)7-16-13/h6-7,10,12H,3-5,8-9,14H2,1-2H3. The average Bonchev–Trinajstić information content (AvgIpc) is 2.40. The molecule has 0 amide bonds. The van der Waals surface area contributed by atoms with E-state index < -0.39 is 0 Å². The Bertz CT molecular complexity index is 368. The highest BCUT2D eigenvalue weighted by Gasteiger charge is 2.27. The van der Waals surface area contributed by atoms with Gasteiger partial charge in [-0.1, -0.05) is 6.92 Å². The van der Waals surface area contributed by atoms with Crippen molar-refractivity contribution in [1.82, 2.24) is 9.97 Å². The molecule has 1 aromatic heterocycles. The minimum absolute atomic E-state index is 0.236. The molecule has 0 aromatic carbocycles. The molecule has 2 heterocycles. The average molecular weight is 250 g/mol. The summed E-state index contributed by atoms with van der Waals surface area (Å²) in [5.41, 5.74) is 6.61. The molecule has 1 aliphatic heterocycles. The van der Waals surface area contributed by atoms with E-state index in [4.69, 9.17) is 10.5 Å². The summed E-state index contributed by atoms with van der Waals surface area (Å²) in [7, 11) is 0. The SMILES string of the molecule is CCC1COC(C)CN1c1ncc(CCN)cn1. The predicted octanol–water partition coefficient (Wildman–Crippen LogP) is 0.981. The highest BCUT2D eigenvalue weighted by molar-refractivity contribution is 5.33. The number of aromatic nitrogens is 2. The molecule has 2 unspecified atom stereocenters. The van der Waals surface area contributed by atoms with Gasteiger partial charge >= 0.3 is 0 Å². The molecule has 5 nitrogen and oxygen atoms in total. The number of rotatable bonds is 4. The van der Waals surface area contributed by atoms with Gasteiger partial charge in [-0.05, 0) is 31.9 Å². The Kier molecular flexibility index (Phi) is 4.49. The third-order valence-electron chi connectivity index (χ3n) is 3.32. The van der Waals surface area contributed by atoms with Crippen molar-refractivity contribution in [3.8, 4) is 0 Å². The van der Waals surface area contributed by atoms with Crippen LogP contribution in [-0.2, 0) is 11.2 Å². The first-order valence-corrected chi connectivity index (χ1v) is 6.63. The molecule has 1 aromatic rings. The van der Waals surface area contributed by atoms with E-state index in [-0.39, 0.29) is 6.10 Å². The second-order valence-corrected chi connectivity index (χ2v) is 4.79. The van der Waals surface area contributed by atoms with Crippen LogP contribution in [0.5, 0.6) is 0 Å². The fraction of sp³-hybridized carbons (Fsp3) is 0.692. The first-order chi connectivity index (χ1) is 8.74. The van der Waals surface area contributed by atoms with Gasteiger partial charge < -0.3 is 15.4 Å². The summed E-state index contributed by atoms with van der Waals surface area (Å²) >= 11 is 0. The number of hydrogen-bond acceptors (Lipinski definition) is 5. The van der Waals surface area contributed by atoms with Crippen LogP contribution in [-0.4, -0.2) is 41.8 Å². The Labute approximate surface area is 108 Å². The Morgan fingerprint density at radius 1 is 1.44 bits per heavy atom. The quantitative estimate of drug-likeness (QED) is 0.863. The van der Waals surface area contributed by atoms with Crippen LogP contribution in [0.1, 0.15) is 25.8 Å². The minimum Gasteiger partial charge on any atom is -0.375 e. The van der Waals surface area contributed by atoms with E-state index in [0.29, 0.717) is 12.6 Å². The van der Waals surface area contributed by atoms with E-state index in [1.165, 1.54) is 0 Å². The van der Waals surface area contributed by atoms with Crippen LogP contribution in [0.25, 0.3) is 0 Å². The lowest BCUT2D eigenvalue weighted by Crippen LogP contribution is -2.49. The van der Waals surface area contributed by atoms with Gasteiger partial charge in [-0.25, -0.2) is 9.97 Å². The molecule has 0 radical (unpaired) electrons. The van der Waals surface area contributed by atoms with Crippen LogP contribution in [0.4, 0.5) is 5.95 Å². The van der Waals surface area contributed by atoms with Crippen molar-refractivity contribution in [2.75, 3.05) is 24.6 Å². The van der Waals surface area contributed by atoms with E-state index in [9.17, 15) is 0 Å². The number of nitrogens with zero attached hydrogens (tertiary/aromatic N) is 3. The zero-order chi connectivity index (χ0) is 13.0. The summed E-state index contributed by atoms with van der Waals surface area (Å²) in [6.07, 6.45) is 5.86.